The Morgan fingerprint density at radius 1 is 1.67 bits per heavy atom. The van der Waals surface area contributed by atoms with Crippen LogP contribution in [0.3, 0.4) is 0 Å². The zero-order chi connectivity index (χ0) is 11.1. The average Bonchev–Trinajstić information content (AvgIpc) is 2.60. The van der Waals surface area contributed by atoms with Gasteiger partial charge in [0, 0.05) is 18.0 Å². The van der Waals surface area contributed by atoms with Crippen LogP contribution in [0.1, 0.15) is 23.9 Å². The maximum Gasteiger partial charge on any atom is 0.307 e. The number of hydrogen-bond donors (Lipinski definition) is 1. The van der Waals surface area contributed by atoms with Gasteiger partial charge in [-0.05, 0) is 13.8 Å². The Bertz CT molecular complexity index is 312. The number of hydrogen-bond acceptors (Lipinski definition) is 5. The molecular formula is C10H16N2O2S. The summed E-state index contributed by atoms with van der Waals surface area (Å²) in [5, 5.41) is 3.19. The van der Waals surface area contributed by atoms with Crippen LogP contribution in [0.15, 0.2) is 5.51 Å². The molecule has 0 unspecified atom stereocenters. The third kappa shape index (κ3) is 4.40. The molecule has 15 heavy (non-hydrogen) atoms. The monoisotopic (exact) mass is 228 g/mol. The summed E-state index contributed by atoms with van der Waals surface area (Å²) in [7, 11) is 0. The van der Waals surface area contributed by atoms with E-state index in [0.717, 1.165) is 12.2 Å². The molecule has 0 saturated heterocycles. The summed E-state index contributed by atoms with van der Waals surface area (Å²) in [6, 6.07) is 0. The van der Waals surface area contributed by atoms with Crippen molar-refractivity contribution in [2.45, 2.75) is 26.8 Å². The van der Waals surface area contributed by atoms with Crippen molar-refractivity contribution in [1.82, 2.24) is 10.3 Å². The van der Waals surface area contributed by atoms with E-state index in [9.17, 15) is 4.79 Å². The van der Waals surface area contributed by atoms with Gasteiger partial charge in [0.2, 0.25) is 0 Å². The van der Waals surface area contributed by atoms with Crippen LogP contribution in [0.2, 0.25) is 0 Å². The normalized spacial score (nSPS) is 10.3. The zero-order valence-electron chi connectivity index (χ0n) is 9.08. The van der Waals surface area contributed by atoms with E-state index in [-0.39, 0.29) is 5.97 Å². The van der Waals surface area contributed by atoms with Crippen LogP contribution in [0.4, 0.5) is 0 Å². The van der Waals surface area contributed by atoms with E-state index in [2.05, 4.69) is 10.3 Å². The van der Waals surface area contributed by atoms with Crippen LogP contribution < -0.4 is 5.32 Å². The maximum atomic E-state index is 11.0. The van der Waals surface area contributed by atoms with Gasteiger partial charge in [0.05, 0.1) is 24.2 Å². The molecule has 0 bridgehead atoms. The van der Waals surface area contributed by atoms with E-state index in [4.69, 9.17) is 4.74 Å². The van der Waals surface area contributed by atoms with Crippen molar-refractivity contribution >= 4 is 17.3 Å². The van der Waals surface area contributed by atoms with Crippen LogP contribution in [0, 0.1) is 6.92 Å². The van der Waals surface area contributed by atoms with Crippen molar-refractivity contribution in [3.8, 4) is 0 Å². The molecule has 1 rings (SSSR count). The summed E-state index contributed by atoms with van der Waals surface area (Å²) in [4.78, 5) is 16.4. The van der Waals surface area contributed by atoms with Crippen molar-refractivity contribution in [3.63, 3.8) is 0 Å². The van der Waals surface area contributed by atoms with Gasteiger partial charge in [-0.1, -0.05) is 0 Å². The third-order valence-electron chi connectivity index (χ3n) is 1.94. The van der Waals surface area contributed by atoms with Crippen molar-refractivity contribution < 1.29 is 9.53 Å². The van der Waals surface area contributed by atoms with E-state index in [1.807, 2.05) is 19.4 Å². The second kappa shape index (κ2) is 6.53. The lowest BCUT2D eigenvalue weighted by atomic mass is 10.3. The fraction of sp³-hybridized carbons (Fsp3) is 0.600. The second-order valence-corrected chi connectivity index (χ2v) is 4.03. The van der Waals surface area contributed by atoms with Gasteiger partial charge in [0.1, 0.15) is 0 Å². The molecule has 0 atom stereocenters. The van der Waals surface area contributed by atoms with Crippen LogP contribution in [0.5, 0.6) is 0 Å². The van der Waals surface area contributed by atoms with Crippen LogP contribution in [-0.2, 0) is 16.1 Å². The highest BCUT2D eigenvalue weighted by molar-refractivity contribution is 7.09. The Labute approximate surface area is 93.7 Å². The Morgan fingerprint density at radius 2 is 2.47 bits per heavy atom. The van der Waals surface area contributed by atoms with Crippen molar-refractivity contribution in [3.05, 3.63) is 16.1 Å². The lowest BCUT2D eigenvalue weighted by molar-refractivity contribution is -0.142. The van der Waals surface area contributed by atoms with Gasteiger partial charge < -0.3 is 10.1 Å². The number of carbonyl (C=O) groups excluding carboxylic acids is 1. The van der Waals surface area contributed by atoms with Crippen molar-refractivity contribution in [2.75, 3.05) is 13.2 Å². The first-order chi connectivity index (χ1) is 7.24. The molecule has 0 fully saturated rings. The van der Waals surface area contributed by atoms with Gasteiger partial charge in [-0.25, -0.2) is 4.98 Å². The number of carbonyl (C=O) groups is 1. The molecule has 0 radical (unpaired) electrons. The molecule has 1 heterocycles. The Hall–Kier alpha value is -0.940. The smallest absolute Gasteiger partial charge is 0.307 e. The molecule has 1 aromatic rings. The average molecular weight is 228 g/mol. The number of aromatic nitrogens is 1. The van der Waals surface area contributed by atoms with Crippen molar-refractivity contribution in [2.24, 2.45) is 0 Å². The van der Waals surface area contributed by atoms with Gasteiger partial charge in [0.15, 0.2) is 0 Å². The van der Waals surface area contributed by atoms with Crippen LogP contribution >= 0.6 is 11.3 Å². The highest BCUT2D eigenvalue weighted by Crippen LogP contribution is 2.10. The van der Waals surface area contributed by atoms with E-state index >= 15 is 0 Å². The number of nitrogens with one attached hydrogen (secondary N) is 1. The van der Waals surface area contributed by atoms with Gasteiger partial charge >= 0.3 is 5.97 Å². The standard InChI is InChI=1S/C10H16N2O2S/c1-3-14-10(13)4-5-11-6-9-8(2)12-7-15-9/h7,11H,3-6H2,1-2H3. The molecular weight excluding hydrogens is 212 g/mol. The van der Waals surface area contributed by atoms with Crippen LogP contribution in [-0.4, -0.2) is 24.1 Å². The fourth-order valence-electron chi connectivity index (χ4n) is 1.12. The highest BCUT2D eigenvalue weighted by Gasteiger charge is 2.02. The summed E-state index contributed by atoms with van der Waals surface area (Å²) in [6.45, 7) is 5.67. The van der Waals surface area contributed by atoms with E-state index in [0.29, 0.717) is 19.6 Å². The summed E-state index contributed by atoms with van der Waals surface area (Å²) >= 11 is 1.63. The Balaban J connectivity index is 2.12. The molecule has 0 aliphatic heterocycles. The molecule has 1 aromatic heterocycles. The zero-order valence-corrected chi connectivity index (χ0v) is 9.89. The lowest BCUT2D eigenvalue weighted by Gasteiger charge is -2.03. The van der Waals surface area contributed by atoms with Gasteiger partial charge in [0.25, 0.3) is 0 Å². The number of thiazole rings is 1. The molecule has 4 nitrogen and oxygen atoms in total. The number of aryl methyl sites for hydroxylation is 1. The van der Waals surface area contributed by atoms with Gasteiger partial charge in [-0.15, -0.1) is 11.3 Å². The quantitative estimate of drug-likeness (QED) is 0.592. The summed E-state index contributed by atoms with van der Waals surface area (Å²) in [5.74, 6) is -0.147. The third-order valence-corrected chi connectivity index (χ3v) is 2.88. The Morgan fingerprint density at radius 3 is 3.07 bits per heavy atom. The molecule has 0 aliphatic rings. The van der Waals surface area contributed by atoms with Crippen LogP contribution in [0.25, 0.3) is 0 Å². The predicted molar refractivity (Wildman–Crippen MR) is 59.8 cm³/mol. The number of nitrogens with zero attached hydrogens (tertiary/aromatic N) is 1. The summed E-state index contributed by atoms with van der Waals surface area (Å²) < 4.78 is 4.81. The van der Waals surface area contributed by atoms with E-state index in [1.54, 1.807) is 11.3 Å². The summed E-state index contributed by atoms with van der Waals surface area (Å²) in [6.07, 6.45) is 0.422. The molecule has 0 spiro atoms. The first kappa shape index (κ1) is 12.1. The molecule has 0 aliphatic carbocycles. The van der Waals surface area contributed by atoms with E-state index in [1.165, 1.54) is 4.88 Å². The largest absolute Gasteiger partial charge is 0.466 e. The molecule has 84 valence electrons. The summed E-state index contributed by atoms with van der Waals surface area (Å²) in [5.41, 5.74) is 2.89. The second-order valence-electron chi connectivity index (χ2n) is 3.09. The Kier molecular flexibility index (Phi) is 5.28. The first-order valence-electron chi connectivity index (χ1n) is 4.99. The number of esters is 1. The minimum atomic E-state index is -0.147. The molecule has 0 aromatic carbocycles. The minimum absolute atomic E-state index is 0.147. The predicted octanol–water partition coefficient (Wildman–Crippen LogP) is 1.49. The van der Waals surface area contributed by atoms with Crippen molar-refractivity contribution in [1.29, 1.82) is 0 Å². The molecule has 5 heteroatoms. The number of ether oxygens (including phenoxy) is 1. The molecule has 0 saturated carbocycles. The molecule has 1 N–H and O–H groups in total. The van der Waals surface area contributed by atoms with Gasteiger partial charge in [-0.2, -0.15) is 0 Å². The SMILES string of the molecule is CCOC(=O)CCNCc1scnc1C. The topological polar surface area (TPSA) is 51.2 Å². The first-order valence-corrected chi connectivity index (χ1v) is 5.87. The van der Waals surface area contributed by atoms with E-state index < -0.39 is 0 Å². The highest BCUT2D eigenvalue weighted by atomic mass is 32.1. The fourth-order valence-corrected chi connectivity index (χ4v) is 1.87. The lowest BCUT2D eigenvalue weighted by Crippen LogP contribution is -2.18. The van der Waals surface area contributed by atoms with Gasteiger partial charge in [-0.3, -0.25) is 4.79 Å². The minimum Gasteiger partial charge on any atom is -0.466 e. The number of rotatable bonds is 6. The maximum absolute atomic E-state index is 11.0. The molecule has 0 amide bonds.